The Balaban J connectivity index is 2.22. The van der Waals surface area contributed by atoms with Crippen LogP contribution in [0.3, 0.4) is 0 Å². The Hall–Kier alpha value is -2.95. The number of pyridine rings is 1. The molecule has 10 heteroatoms. The first-order chi connectivity index (χ1) is 15.0. The van der Waals surface area contributed by atoms with Crippen LogP contribution in [0.4, 0.5) is 0 Å². The molecule has 1 aromatic heterocycles. The Labute approximate surface area is 188 Å². The van der Waals surface area contributed by atoms with E-state index in [-0.39, 0.29) is 22.0 Å². The van der Waals surface area contributed by atoms with Crippen molar-refractivity contribution in [3.8, 4) is 11.5 Å². The van der Waals surface area contributed by atoms with Crippen molar-refractivity contribution in [3.63, 3.8) is 0 Å². The van der Waals surface area contributed by atoms with Crippen molar-refractivity contribution in [1.29, 1.82) is 0 Å². The van der Waals surface area contributed by atoms with Gasteiger partial charge in [-0.25, -0.2) is 22.0 Å². The molecule has 32 heavy (non-hydrogen) atoms. The van der Waals surface area contributed by atoms with Crippen molar-refractivity contribution >= 4 is 19.9 Å². The lowest BCUT2D eigenvalue weighted by molar-refractivity contribution is 0.385. The molecule has 0 spiro atoms. The smallest absolute Gasteiger partial charge is 0.238 e. The number of sulfone groups is 1. The maximum Gasteiger partial charge on any atom is 0.238 e. The average Bonchev–Trinajstić information content (AvgIpc) is 2.78. The van der Waals surface area contributed by atoms with Gasteiger partial charge in [-0.15, -0.1) is 0 Å². The second-order valence-corrected chi connectivity index (χ2v) is 11.2. The van der Waals surface area contributed by atoms with E-state index in [1.165, 1.54) is 56.8 Å². The number of sulfonamides is 1. The van der Waals surface area contributed by atoms with E-state index in [4.69, 9.17) is 14.6 Å². The summed E-state index contributed by atoms with van der Waals surface area (Å²) in [5, 5.41) is 5.26. The topological polar surface area (TPSA) is 126 Å². The number of benzene rings is 2. The van der Waals surface area contributed by atoms with Crippen molar-refractivity contribution in [1.82, 2.24) is 4.98 Å². The summed E-state index contributed by atoms with van der Waals surface area (Å²) >= 11 is 0. The standard InChI is InChI=1S/C22H24N2O6S2/c1-22(21-9-4-5-12-24-21,15-16-7-6-8-18(13-16)32(23,27)28)31(25,26)20-11-10-17(29-2)14-19(20)30-3/h4-14H,15H2,1-3H3,(H2,23,27,28). The van der Waals surface area contributed by atoms with Gasteiger partial charge in [-0.3, -0.25) is 4.98 Å². The molecule has 1 unspecified atom stereocenters. The molecule has 0 amide bonds. The maximum atomic E-state index is 14.0. The Morgan fingerprint density at radius 2 is 1.69 bits per heavy atom. The zero-order valence-corrected chi connectivity index (χ0v) is 19.5. The van der Waals surface area contributed by atoms with E-state index >= 15 is 0 Å². The van der Waals surface area contributed by atoms with Crippen LogP contribution in [-0.2, 0) is 31.0 Å². The minimum absolute atomic E-state index is 0.0310. The number of nitrogens with two attached hydrogens (primary N) is 1. The lowest BCUT2D eigenvalue weighted by atomic mass is 9.96. The van der Waals surface area contributed by atoms with E-state index in [1.807, 2.05) is 0 Å². The highest BCUT2D eigenvalue weighted by atomic mass is 32.2. The zero-order valence-electron chi connectivity index (χ0n) is 17.8. The maximum absolute atomic E-state index is 14.0. The number of methoxy groups -OCH3 is 2. The van der Waals surface area contributed by atoms with E-state index in [0.717, 1.165) is 0 Å². The largest absolute Gasteiger partial charge is 0.497 e. The first-order valence-corrected chi connectivity index (χ1v) is 12.6. The summed E-state index contributed by atoms with van der Waals surface area (Å²) < 4.78 is 60.6. The molecule has 0 aliphatic rings. The van der Waals surface area contributed by atoms with E-state index < -0.39 is 24.6 Å². The highest BCUT2D eigenvalue weighted by Gasteiger charge is 2.45. The third kappa shape index (κ3) is 4.47. The minimum Gasteiger partial charge on any atom is -0.497 e. The van der Waals surface area contributed by atoms with Crippen molar-refractivity contribution in [3.05, 3.63) is 78.1 Å². The molecule has 170 valence electrons. The van der Waals surface area contributed by atoms with Crippen LogP contribution < -0.4 is 14.6 Å². The molecule has 0 aliphatic heterocycles. The third-order valence-electron chi connectivity index (χ3n) is 5.23. The monoisotopic (exact) mass is 476 g/mol. The molecule has 8 nitrogen and oxygen atoms in total. The normalized spacial score (nSPS) is 13.9. The van der Waals surface area contributed by atoms with E-state index in [9.17, 15) is 16.8 Å². The molecule has 1 heterocycles. The zero-order chi connectivity index (χ0) is 23.6. The fourth-order valence-corrected chi connectivity index (χ4v) is 5.94. The van der Waals surface area contributed by atoms with Gasteiger partial charge in [0.25, 0.3) is 0 Å². The Bertz CT molecular complexity index is 1330. The first kappa shape index (κ1) is 23.7. The van der Waals surface area contributed by atoms with Gasteiger partial charge < -0.3 is 9.47 Å². The van der Waals surface area contributed by atoms with Gasteiger partial charge in [-0.2, -0.15) is 0 Å². The second-order valence-electron chi connectivity index (χ2n) is 7.34. The highest BCUT2D eigenvalue weighted by Crippen LogP contribution is 2.41. The molecule has 0 radical (unpaired) electrons. The SMILES string of the molecule is COc1ccc(S(=O)(=O)C(C)(Cc2cccc(S(N)(=O)=O)c2)c2ccccn2)c(OC)c1. The van der Waals surface area contributed by atoms with Gasteiger partial charge >= 0.3 is 0 Å². The summed E-state index contributed by atoms with van der Waals surface area (Å²) in [6.07, 6.45) is 1.46. The summed E-state index contributed by atoms with van der Waals surface area (Å²) in [6, 6.07) is 15.4. The van der Waals surface area contributed by atoms with E-state index in [2.05, 4.69) is 4.98 Å². The number of nitrogens with zero attached hydrogens (tertiary/aromatic N) is 1. The van der Waals surface area contributed by atoms with Crippen LogP contribution in [0.25, 0.3) is 0 Å². The van der Waals surface area contributed by atoms with E-state index in [0.29, 0.717) is 17.0 Å². The molecule has 2 N–H and O–H groups in total. The van der Waals surface area contributed by atoms with Crippen LogP contribution in [0.2, 0.25) is 0 Å². The van der Waals surface area contributed by atoms with Crippen LogP contribution in [-0.4, -0.2) is 36.0 Å². The number of hydrogen-bond donors (Lipinski definition) is 1. The number of primary sulfonamides is 1. The van der Waals surface area contributed by atoms with Crippen LogP contribution in [0.1, 0.15) is 18.2 Å². The number of rotatable bonds is 8. The highest BCUT2D eigenvalue weighted by molar-refractivity contribution is 7.92. The van der Waals surface area contributed by atoms with Crippen LogP contribution in [0.15, 0.2) is 76.7 Å². The quantitative estimate of drug-likeness (QED) is 0.530. The lowest BCUT2D eigenvalue weighted by Crippen LogP contribution is -2.36. The minimum atomic E-state index is -4.09. The molecule has 0 fully saturated rings. The molecular weight excluding hydrogens is 452 g/mol. The van der Waals surface area contributed by atoms with Crippen LogP contribution >= 0.6 is 0 Å². The first-order valence-electron chi connectivity index (χ1n) is 9.53. The Morgan fingerprint density at radius 1 is 0.938 bits per heavy atom. The second kappa shape index (κ2) is 8.89. The Morgan fingerprint density at radius 3 is 2.28 bits per heavy atom. The van der Waals surface area contributed by atoms with Gasteiger partial charge in [0.05, 0.1) is 24.8 Å². The van der Waals surface area contributed by atoms with Gasteiger partial charge in [0, 0.05) is 12.3 Å². The number of ether oxygens (including phenoxy) is 2. The fraction of sp³-hybridized carbons (Fsp3) is 0.227. The molecule has 0 saturated heterocycles. The van der Waals surface area contributed by atoms with Gasteiger partial charge in [0.1, 0.15) is 21.1 Å². The molecule has 0 bridgehead atoms. The van der Waals surface area contributed by atoms with Crippen LogP contribution in [0.5, 0.6) is 11.5 Å². The summed E-state index contributed by atoms with van der Waals surface area (Å²) in [6.45, 7) is 1.55. The number of hydrogen-bond acceptors (Lipinski definition) is 7. The van der Waals surface area contributed by atoms with Crippen molar-refractivity contribution in [2.75, 3.05) is 14.2 Å². The lowest BCUT2D eigenvalue weighted by Gasteiger charge is -2.30. The molecule has 1 atom stereocenters. The Kier molecular flexibility index (Phi) is 6.59. The van der Waals surface area contributed by atoms with Crippen molar-refractivity contribution in [2.24, 2.45) is 5.14 Å². The summed E-state index contributed by atoms with van der Waals surface area (Å²) in [7, 11) is -5.19. The third-order valence-corrected chi connectivity index (χ3v) is 8.60. The molecule has 3 rings (SSSR count). The molecule has 2 aromatic carbocycles. The van der Waals surface area contributed by atoms with Gasteiger partial charge in [0.2, 0.25) is 10.0 Å². The fourth-order valence-electron chi connectivity index (χ4n) is 3.46. The van der Waals surface area contributed by atoms with E-state index in [1.54, 1.807) is 31.2 Å². The molecule has 3 aromatic rings. The number of aromatic nitrogens is 1. The average molecular weight is 477 g/mol. The summed E-state index contributed by atoms with van der Waals surface area (Å²) in [5.41, 5.74) is 0.777. The predicted molar refractivity (Wildman–Crippen MR) is 120 cm³/mol. The van der Waals surface area contributed by atoms with Crippen molar-refractivity contribution < 1.29 is 26.3 Å². The van der Waals surface area contributed by atoms with Gasteiger partial charge in [-0.05, 0) is 55.3 Å². The van der Waals surface area contributed by atoms with Crippen molar-refractivity contribution in [2.45, 2.75) is 27.9 Å². The predicted octanol–water partition coefficient (Wildman–Crippen LogP) is 2.68. The van der Waals surface area contributed by atoms with Gasteiger partial charge in [0.15, 0.2) is 9.84 Å². The van der Waals surface area contributed by atoms with Gasteiger partial charge in [-0.1, -0.05) is 18.2 Å². The molecule has 0 saturated carbocycles. The van der Waals surface area contributed by atoms with Crippen LogP contribution in [0, 0.1) is 0 Å². The summed E-state index contributed by atoms with van der Waals surface area (Å²) in [4.78, 5) is 4.18. The molecule has 0 aliphatic carbocycles. The summed E-state index contributed by atoms with van der Waals surface area (Å²) in [5.74, 6) is 0.575. The molecular formula is C22H24N2O6S2.